The van der Waals surface area contributed by atoms with Gasteiger partial charge in [-0.1, -0.05) is 91.8 Å². The van der Waals surface area contributed by atoms with Crippen molar-refractivity contribution >= 4 is 34.0 Å². The van der Waals surface area contributed by atoms with Crippen LogP contribution in [0, 0.1) is 6.92 Å². The number of fused-ring (bicyclic) bond motifs is 3. The minimum Gasteiger partial charge on any atom is -0.660 e. The third-order valence-corrected chi connectivity index (χ3v) is 6.63. The second kappa shape index (κ2) is 13.0. The normalized spacial score (nSPS) is 12.0. The van der Waals surface area contributed by atoms with E-state index >= 15 is 0 Å². The molecule has 0 saturated heterocycles. The Morgan fingerprint density at radius 2 is 1.49 bits per heavy atom. The van der Waals surface area contributed by atoms with Crippen molar-refractivity contribution in [3.8, 4) is 11.3 Å². The molecule has 184 valence electrons. The third kappa shape index (κ3) is 6.84. The van der Waals surface area contributed by atoms with Crippen molar-refractivity contribution < 1.29 is 30.8 Å². The van der Waals surface area contributed by atoms with Crippen LogP contribution in [0.4, 0.5) is 0 Å². The SMILES string of the molecule is Cc1ccc(C=NCCCCCC[N+](C)=Cc2ccc(-c3cc4ccccc4c4ccccc34)[n-]2)[n-]1.[Zr+2]. The van der Waals surface area contributed by atoms with E-state index in [1.165, 1.54) is 46.4 Å². The first-order valence-electron chi connectivity index (χ1n) is 12.9. The van der Waals surface area contributed by atoms with Gasteiger partial charge < -0.3 is 9.97 Å². The molecule has 5 heteroatoms. The van der Waals surface area contributed by atoms with Gasteiger partial charge in [0.05, 0.1) is 0 Å². The Balaban J connectivity index is 0.00000320. The molecule has 3 aromatic carbocycles. The molecule has 0 aliphatic heterocycles. The van der Waals surface area contributed by atoms with Crippen LogP contribution in [0.1, 0.15) is 42.8 Å². The minimum absolute atomic E-state index is 0. The summed E-state index contributed by atoms with van der Waals surface area (Å²) in [6.07, 6.45) is 8.75. The Hall–Kier alpha value is -3.04. The Bertz CT molecular complexity index is 1520. The van der Waals surface area contributed by atoms with Crippen molar-refractivity contribution in [3.63, 3.8) is 0 Å². The van der Waals surface area contributed by atoms with Gasteiger partial charge in [0, 0.05) is 19.2 Å². The fourth-order valence-electron chi connectivity index (χ4n) is 4.79. The van der Waals surface area contributed by atoms with Crippen LogP contribution in [-0.4, -0.2) is 37.1 Å². The monoisotopic (exact) mass is 563 g/mol. The number of aryl methyl sites for hydroxylation is 1. The summed E-state index contributed by atoms with van der Waals surface area (Å²) in [6.45, 7) is 3.91. The maximum absolute atomic E-state index is 4.96. The molecule has 0 aliphatic rings. The van der Waals surface area contributed by atoms with Crippen molar-refractivity contribution in [2.45, 2.75) is 32.6 Å². The van der Waals surface area contributed by atoms with Gasteiger partial charge in [0.15, 0.2) is 0 Å². The van der Waals surface area contributed by atoms with E-state index in [2.05, 4.69) is 94.5 Å². The third-order valence-electron chi connectivity index (χ3n) is 6.63. The van der Waals surface area contributed by atoms with Crippen LogP contribution in [0.15, 0.2) is 83.9 Å². The van der Waals surface area contributed by atoms with Crippen LogP contribution in [0.5, 0.6) is 0 Å². The van der Waals surface area contributed by atoms with E-state index in [4.69, 9.17) is 4.98 Å². The number of aromatic nitrogens is 2. The summed E-state index contributed by atoms with van der Waals surface area (Å²) in [5.74, 6) is 0. The van der Waals surface area contributed by atoms with Crippen LogP contribution < -0.4 is 9.97 Å². The van der Waals surface area contributed by atoms with E-state index in [0.29, 0.717) is 0 Å². The summed E-state index contributed by atoms with van der Waals surface area (Å²) < 4.78 is 2.26. The molecule has 37 heavy (non-hydrogen) atoms. The second-order valence-corrected chi connectivity index (χ2v) is 9.52. The largest absolute Gasteiger partial charge is 2.00 e. The summed E-state index contributed by atoms with van der Waals surface area (Å²) in [6, 6.07) is 27.8. The maximum atomic E-state index is 4.96. The summed E-state index contributed by atoms with van der Waals surface area (Å²) >= 11 is 0. The minimum atomic E-state index is 0. The molecule has 0 spiro atoms. The van der Waals surface area contributed by atoms with Gasteiger partial charge in [-0.3, -0.25) is 4.99 Å². The van der Waals surface area contributed by atoms with Crippen LogP contribution in [0.2, 0.25) is 0 Å². The quantitative estimate of drug-likeness (QED) is 0.0828. The van der Waals surface area contributed by atoms with Gasteiger partial charge >= 0.3 is 26.2 Å². The molecule has 0 aliphatic carbocycles. The standard InChI is InChI=1S/C32H33N4.Zr/c1-24-15-16-26(34-24)22-33-19-9-3-4-10-20-36(2)23-27-17-18-32(35-27)31-21-25-11-5-6-12-28(25)29-13-7-8-14-30(29)31;/h5-8,11-18,21-23H,3-4,9-10,19-20H2,1-2H3;/q-1;+2. The van der Waals surface area contributed by atoms with Gasteiger partial charge in [-0.15, -0.1) is 11.4 Å². The number of hydrogen-bond acceptors (Lipinski definition) is 1. The van der Waals surface area contributed by atoms with E-state index in [0.717, 1.165) is 42.3 Å². The van der Waals surface area contributed by atoms with Gasteiger partial charge in [-0.2, -0.15) is 5.69 Å². The molecule has 2 aromatic heterocycles. The van der Waals surface area contributed by atoms with Crippen LogP contribution in [0.25, 0.3) is 32.8 Å². The molecular weight excluding hydrogens is 532 g/mol. The molecule has 0 fully saturated rings. The van der Waals surface area contributed by atoms with Gasteiger partial charge in [0.2, 0.25) is 0 Å². The zero-order valence-corrected chi connectivity index (χ0v) is 24.1. The summed E-state index contributed by atoms with van der Waals surface area (Å²) in [4.78, 5) is 13.9. The number of hydrogen-bond donors (Lipinski definition) is 0. The van der Waals surface area contributed by atoms with Gasteiger partial charge in [0.1, 0.15) is 19.8 Å². The van der Waals surface area contributed by atoms with E-state index in [-0.39, 0.29) is 26.2 Å². The summed E-state index contributed by atoms with van der Waals surface area (Å²) in [7, 11) is 2.14. The molecule has 0 amide bonds. The molecule has 5 aromatic rings. The summed E-state index contributed by atoms with van der Waals surface area (Å²) in [5, 5.41) is 5.07. The first kappa shape index (κ1) is 27.0. The average Bonchev–Trinajstić information content (AvgIpc) is 3.53. The molecule has 0 atom stereocenters. The molecular formula is C32H33N4Zr+. The Kier molecular flexibility index (Phi) is 9.47. The van der Waals surface area contributed by atoms with E-state index < -0.39 is 0 Å². The van der Waals surface area contributed by atoms with Gasteiger partial charge in [0.25, 0.3) is 0 Å². The van der Waals surface area contributed by atoms with Crippen molar-refractivity contribution in [3.05, 3.63) is 95.9 Å². The summed E-state index contributed by atoms with van der Waals surface area (Å²) in [5.41, 5.74) is 5.24. The Labute approximate surface area is 238 Å². The Morgan fingerprint density at radius 1 is 0.757 bits per heavy atom. The number of unbranched alkanes of at least 4 members (excludes halogenated alkanes) is 3. The van der Waals surface area contributed by atoms with E-state index in [1.807, 2.05) is 25.3 Å². The van der Waals surface area contributed by atoms with Crippen molar-refractivity contribution in [2.24, 2.45) is 4.99 Å². The van der Waals surface area contributed by atoms with Crippen LogP contribution in [-0.2, 0) is 26.2 Å². The molecule has 0 saturated carbocycles. The first-order valence-corrected chi connectivity index (χ1v) is 12.9. The van der Waals surface area contributed by atoms with Crippen LogP contribution >= 0.6 is 0 Å². The second-order valence-electron chi connectivity index (χ2n) is 9.52. The molecule has 0 bridgehead atoms. The van der Waals surface area contributed by atoms with Crippen molar-refractivity contribution in [1.82, 2.24) is 9.97 Å². The fraction of sp³-hybridized carbons (Fsp3) is 0.250. The zero-order valence-electron chi connectivity index (χ0n) is 21.7. The maximum Gasteiger partial charge on any atom is 2.00 e. The average molecular weight is 565 g/mol. The fourth-order valence-corrected chi connectivity index (χ4v) is 4.79. The number of rotatable bonds is 10. The number of aliphatic imine (C=N–C) groups is 1. The van der Waals surface area contributed by atoms with Gasteiger partial charge in [-0.05, 0) is 46.0 Å². The van der Waals surface area contributed by atoms with E-state index in [1.54, 1.807) is 0 Å². The number of nitrogens with zero attached hydrogens (tertiary/aromatic N) is 4. The van der Waals surface area contributed by atoms with Crippen molar-refractivity contribution in [1.29, 1.82) is 0 Å². The van der Waals surface area contributed by atoms with E-state index in [9.17, 15) is 0 Å². The Morgan fingerprint density at radius 3 is 2.30 bits per heavy atom. The molecule has 0 unspecified atom stereocenters. The van der Waals surface area contributed by atoms with Gasteiger partial charge in [-0.25, -0.2) is 4.58 Å². The van der Waals surface area contributed by atoms with Crippen molar-refractivity contribution in [2.75, 3.05) is 20.1 Å². The zero-order chi connectivity index (χ0) is 24.7. The topological polar surface area (TPSA) is 43.6 Å². The number of benzene rings is 3. The first-order chi connectivity index (χ1) is 17.7. The predicted octanol–water partition coefficient (Wildman–Crippen LogP) is 6.62. The molecule has 0 radical (unpaired) electrons. The molecule has 0 N–H and O–H groups in total. The van der Waals surface area contributed by atoms with Crippen LogP contribution in [0.3, 0.4) is 0 Å². The molecule has 4 nitrogen and oxygen atoms in total. The predicted molar refractivity (Wildman–Crippen MR) is 152 cm³/mol. The molecule has 5 rings (SSSR count). The molecule has 2 heterocycles. The smallest absolute Gasteiger partial charge is 0.660 e.